The predicted molar refractivity (Wildman–Crippen MR) is 59.3 cm³/mol. The Morgan fingerprint density at radius 3 is 2.86 bits per heavy atom. The number of hydrogen-bond acceptors (Lipinski definition) is 1. The van der Waals surface area contributed by atoms with Crippen molar-refractivity contribution in [2.45, 2.75) is 18.9 Å². The Morgan fingerprint density at radius 2 is 2.29 bits per heavy atom. The maximum absolute atomic E-state index is 11.0. The van der Waals surface area contributed by atoms with E-state index >= 15 is 0 Å². The molecule has 1 saturated heterocycles. The summed E-state index contributed by atoms with van der Waals surface area (Å²) in [5.41, 5.74) is 1.00. The smallest absolute Gasteiger partial charge is 0.220 e. The van der Waals surface area contributed by atoms with E-state index in [4.69, 9.17) is 11.6 Å². The van der Waals surface area contributed by atoms with Crippen molar-refractivity contribution in [2.75, 3.05) is 0 Å². The molecule has 1 N–H and O–H groups in total. The van der Waals surface area contributed by atoms with Crippen LogP contribution >= 0.6 is 27.5 Å². The molecule has 1 aromatic carbocycles. The van der Waals surface area contributed by atoms with Crippen LogP contribution in [0.2, 0.25) is 5.02 Å². The molecule has 0 unspecified atom stereocenters. The number of hydrogen-bond donors (Lipinski definition) is 1. The summed E-state index contributed by atoms with van der Waals surface area (Å²) in [5.74, 6) is 0.106. The van der Waals surface area contributed by atoms with Gasteiger partial charge in [-0.3, -0.25) is 4.79 Å². The molecule has 0 aliphatic carbocycles. The average molecular weight is 275 g/mol. The highest BCUT2D eigenvalue weighted by Gasteiger charge is 2.23. The molecule has 4 heteroatoms. The lowest BCUT2D eigenvalue weighted by atomic mass is 10.1. The summed E-state index contributed by atoms with van der Waals surface area (Å²) in [6, 6.07) is 5.82. The van der Waals surface area contributed by atoms with Gasteiger partial charge in [0.15, 0.2) is 0 Å². The van der Waals surface area contributed by atoms with Crippen LogP contribution < -0.4 is 5.32 Å². The van der Waals surface area contributed by atoms with Gasteiger partial charge in [-0.1, -0.05) is 33.6 Å². The summed E-state index contributed by atoms with van der Waals surface area (Å²) >= 11 is 9.42. The van der Waals surface area contributed by atoms with E-state index in [0.29, 0.717) is 11.4 Å². The summed E-state index contributed by atoms with van der Waals surface area (Å²) in [4.78, 5) is 11.0. The Labute approximate surface area is 95.8 Å². The van der Waals surface area contributed by atoms with Crippen molar-refractivity contribution < 1.29 is 4.79 Å². The number of halogens is 2. The van der Waals surface area contributed by atoms with Crippen molar-refractivity contribution in [3.05, 3.63) is 33.3 Å². The molecule has 1 amide bonds. The van der Waals surface area contributed by atoms with E-state index in [1.165, 1.54) is 0 Å². The maximum atomic E-state index is 11.0. The number of rotatable bonds is 1. The van der Waals surface area contributed by atoms with Crippen molar-refractivity contribution in [1.29, 1.82) is 0 Å². The molecular weight excluding hydrogens is 265 g/mol. The van der Waals surface area contributed by atoms with Crippen molar-refractivity contribution in [3.8, 4) is 0 Å². The Bertz CT molecular complexity index is 380. The first-order chi connectivity index (χ1) is 6.66. The Kier molecular flexibility index (Phi) is 2.79. The Hall–Kier alpha value is -0.540. The molecule has 74 valence electrons. The van der Waals surface area contributed by atoms with Gasteiger partial charge in [0.1, 0.15) is 0 Å². The number of nitrogens with one attached hydrogen (secondary N) is 1. The summed E-state index contributed by atoms with van der Waals surface area (Å²) < 4.78 is 0.954. The fourth-order valence-corrected chi connectivity index (χ4v) is 2.44. The normalized spacial score (nSPS) is 21.0. The zero-order chi connectivity index (χ0) is 10.1. The van der Waals surface area contributed by atoms with E-state index in [2.05, 4.69) is 21.2 Å². The van der Waals surface area contributed by atoms with Gasteiger partial charge >= 0.3 is 0 Å². The second-order valence-electron chi connectivity index (χ2n) is 3.32. The van der Waals surface area contributed by atoms with Crippen molar-refractivity contribution in [2.24, 2.45) is 0 Å². The van der Waals surface area contributed by atoms with Crippen LogP contribution in [0.5, 0.6) is 0 Å². The standard InChI is InChI=1S/C10H9BrClNO/c11-6-1-2-7(8(12)5-6)9-3-4-10(14)13-9/h1-2,5,9H,3-4H2,(H,13,14)/t9-/m0/s1. The van der Waals surface area contributed by atoms with Crippen LogP contribution in [0.4, 0.5) is 0 Å². The number of amides is 1. The molecule has 0 spiro atoms. The lowest BCUT2D eigenvalue weighted by molar-refractivity contribution is -0.119. The summed E-state index contributed by atoms with van der Waals surface area (Å²) in [5, 5.41) is 3.59. The van der Waals surface area contributed by atoms with Gasteiger partial charge in [0.25, 0.3) is 0 Å². The van der Waals surface area contributed by atoms with Gasteiger partial charge in [-0.15, -0.1) is 0 Å². The first kappa shape index (κ1) is 9.99. The molecule has 0 saturated carbocycles. The first-order valence-corrected chi connectivity index (χ1v) is 5.58. The largest absolute Gasteiger partial charge is 0.349 e. The number of carbonyl (C=O) groups is 1. The molecule has 1 heterocycles. The third-order valence-corrected chi connectivity index (χ3v) is 3.15. The minimum Gasteiger partial charge on any atom is -0.349 e. The second-order valence-corrected chi connectivity index (χ2v) is 4.65. The highest BCUT2D eigenvalue weighted by atomic mass is 79.9. The van der Waals surface area contributed by atoms with E-state index < -0.39 is 0 Å². The average Bonchev–Trinajstić information content (AvgIpc) is 2.51. The van der Waals surface area contributed by atoms with Crippen LogP contribution in [0.1, 0.15) is 24.4 Å². The molecule has 14 heavy (non-hydrogen) atoms. The fraction of sp³-hybridized carbons (Fsp3) is 0.300. The predicted octanol–water partition coefficient (Wildman–Crippen LogP) is 3.05. The number of benzene rings is 1. The molecule has 0 aromatic heterocycles. The minimum atomic E-state index is 0.0862. The van der Waals surface area contributed by atoms with Gasteiger partial charge in [-0.05, 0) is 24.1 Å². The molecule has 1 aromatic rings. The van der Waals surface area contributed by atoms with E-state index in [0.717, 1.165) is 16.5 Å². The van der Waals surface area contributed by atoms with Gasteiger partial charge in [0, 0.05) is 15.9 Å². The summed E-state index contributed by atoms with van der Waals surface area (Å²) in [6.45, 7) is 0. The highest BCUT2D eigenvalue weighted by Crippen LogP contribution is 2.31. The van der Waals surface area contributed by atoms with Crippen molar-refractivity contribution in [1.82, 2.24) is 5.32 Å². The van der Waals surface area contributed by atoms with Crippen LogP contribution in [0, 0.1) is 0 Å². The van der Waals surface area contributed by atoms with Gasteiger partial charge < -0.3 is 5.32 Å². The van der Waals surface area contributed by atoms with E-state index in [1.54, 1.807) is 0 Å². The van der Waals surface area contributed by atoms with Gasteiger partial charge in [-0.2, -0.15) is 0 Å². The minimum absolute atomic E-state index is 0.0862. The van der Waals surface area contributed by atoms with Crippen LogP contribution in [-0.2, 0) is 4.79 Å². The molecule has 0 bridgehead atoms. The molecule has 1 aliphatic heterocycles. The molecular formula is C10H9BrClNO. The highest BCUT2D eigenvalue weighted by molar-refractivity contribution is 9.10. The summed E-state index contributed by atoms with van der Waals surface area (Å²) in [7, 11) is 0. The van der Waals surface area contributed by atoms with Gasteiger partial charge in [-0.25, -0.2) is 0 Å². The lowest BCUT2D eigenvalue weighted by Gasteiger charge is -2.12. The number of carbonyl (C=O) groups excluding carboxylic acids is 1. The first-order valence-electron chi connectivity index (χ1n) is 4.41. The summed E-state index contributed by atoms with van der Waals surface area (Å²) in [6.07, 6.45) is 1.43. The molecule has 1 atom stereocenters. The van der Waals surface area contributed by atoms with Crippen LogP contribution in [0.15, 0.2) is 22.7 Å². The maximum Gasteiger partial charge on any atom is 0.220 e. The SMILES string of the molecule is O=C1CC[C@@H](c2ccc(Br)cc2Cl)N1. The van der Waals surface area contributed by atoms with Gasteiger partial charge in [0.2, 0.25) is 5.91 Å². The second kappa shape index (κ2) is 3.91. The topological polar surface area (TPSA) is 29.1 Å². The molecule has 1 aliphatic rings. The molecule has 2 nitrogen and oxygen atoms in total. The van der Waals surface area contributed by atoms with Gasteiger partial charge in [0.05, 0.1) is 6.04 Å². The molecule has 2 rings (SSSR count). The Balaban J connectivity index is 2.28. The zero-order valence-electron chi connectivity index (χ0n) is 7.39. The van der Waals surface area contributed by atoms with E-state index in [-0.39, 0.29) is 11.9 Å². The van der Waals surface area contributed by atoms with E-state index in [1.807, 2.05) is 18.2 Å². The zero-order valence-corrected chi connectivity index (χ0v) is 9.73. The van der Waals surface area contributed by atoms with Crippen LogP contribution in [-0.4, -0.2) is 5.91 Å². The van der Waals surface area contributed by atoms with E-state index in [9.17, 15) is 4.79 Å². The third kappa shape index (κ3) is 1.93. The molecule has 0 radical (unpaired) electrons. The van der Waals surface area contributed by atoms with Crippen molar-refractivity contribution in [3.63, 3.8) is 0 Å². The monoisotopic (exact) mass is 273 g/mol. The van der Waals surface area contributed by atoms with Crippen LogP contribution in [0.3, 0.4) is 0 Å². The van der Waals surface area contributed by atoms with Crippen LogP contribution in [0.25, 0.3) is 0 Å². The third-order valence-electron chi connectivity index (χ3n) is 2.33. The quantitative estimate of drug-likeness (QED) is 0.838. The Morgan fingerprint density at radius 1 is 1.50 bits per heavy atom. The lowest BCUT2D eigenvalue weighted by Crippen LogP contribution is -2.18. The fourth-order valence-electron chi connectivity index (χ4n) is 1.63. The molecule has 1 fully saturated rings. The van der Waals surface area contributed by atoms with Crippen molar-refractivity contribution >= 4 is 33.4 Å².